The second-order valence-corrected chi connectivity index (χ2v) is 4.72. The molecular formula is C13H9ClFN5O. The molecule has 2 aromatic heterocycles. The minimum absolute atomic E-state index is 0.0303. The molecule has 1 amide bonds. The van der Waals surface area contributed by atoms with Gasteiger partial charge in [0.15, 0.2) is 0 Å². The number of amides is 1. The second-order valence-electron chi connectivity index (χ2n) is 4.32. The van der Waals surface area contributed by atoms with E-state index in [4.69, 9.17) is 11.6 Å². The predicted molar refractivity (Wildman–Crippen MR) is 74.9 cm³/mol. The third-order valence-corrected chi connectivity index (χ3v) is 3.10. The van der Waals surface area contributed by atoms with Crippen LogP contribution in [0.15, 0.2) is 30.5 Å². The number of aryl methyl sites for hydroxylation is 1. The van der Waals surface area contributed by atoms with Gasteiger partial charge < -0.3 is 5.32 Å². The lowest BCUT2D eigenvalue weighted by molar-refractivity contribution is 0.101. The topological polar surface area (TPSA) is 72.2 Å². The molecule has 0 fully saturated rings. The molecule has 0 aliphatic rings. The Morgan fingerprint density at radius 3 is 2.90 bits per heavy atom. The number of anilines is 1. The van der Waals surface area contributed by atoms with Crippen molar-refractivity contribution >= 4 is 29.0 Å². The lowest BCUT2D eigenvalue weighted by Crippen LogP contribution is -2.14. The van der Waals surface area contributed by atoms with Crippen molar-refractivity contribution in [2.45, 2.75) is 6.92 Å². The zero-order valence-corrected chi connectivity index (χ0v) is 11.6. The number of carbonyl (C=O) groups is 1. The maximum atomic E-state index is 13.1. The summed E-state index contributed by atoms with van der Waals surface area (Å²) in [7, 11) is 0. The van der Waals surface area contributed by atoms with Crippen LogP contribution in [-0.4, -0.2) is 25.5 Å². The molecule has 0 saturated carbocycles. The first-order chi connectivity index (χ1) is 10.0. The van der Waals surface area contributed by atoms with E-state index in [0.717, 1.165) is 5.69 Å². The molecule has 0 bridgehead atoms. The normalized spacial score (nSPS) is 10.8. The van der Waals surface area contributed by atoms with Crippen LogP contribution in [0.25, 0.3) is 5.78 Å². The smallest absolute Gasteiger partial charge is 0.295 e. The Balaban J connectivity index is 1.90. The lowest BCUT2D eigenvalue weighted by Gasteiger charge is -2.03. The highest BCUT2D eigenvalue weighted by molar-refractivity contribution is 6.31. The van der Waals surface area contributed by atoms with Crippen molar-refractivity contribution in [3.05, 3.63) is 52.8 Å². The number of carbonyl (C=O) groups excluding carboxylic acids is 1. The fourth-order valence-corrected chi connectivity index (χ4v) is 1.94. The first kappa shape index (κ1) is 13.4. The van der Waals surface area contributed by atoms with E-state index in [2.05, 4.69) is 20.4 Å². The molecule has 0 unspecified atom stereocenters. The Bertz CT molecular complexity index is 848. The van der Waals surface area contributed by atoms with E-state index < -0.39 is 11.7 Å². The molecule has 1 N–H and O–H groups in total. The minimum atomic E-state index is -0.555. The van der Waals surface area contributed by atoms with Crippen LogP contribution < -0.4 is 5.32 Å². The standard InChI is InChI=1S/C13H9ClFN5O/c1-7-4-5-16-13-18-11(19-20(7)13)12(21)17-8-2-3-10(15)9(14)6-8/h2-6H,1H3,(H,17,21). The quantitative estimate of drug-likeness (QED) is 0.789. The van der Waals surface area contributed by atoms with E-state index in [1.165, 1.54) is 22.7 Å². The number of hydrogen-bond donors (Lipinski definition) is 1. The molecule has 3 aromatic rings. The van der Waals surface area contributed by atoms with Gasteiger partial charge in [-0.05, 0) is 31.2 Å². The van der Waals surface area contributed by atoms with Crippen molar-refractivity contribution in [2.75, 3.05) is 5.32 Å². The molecular weight excluding hydrogens is 297 g/mol. The SMILES string of the molecule is Cc1ccnc2nc(C(=O)Nc3ccc(F)c(Cl)c3)nn12. The third-order valence-electron chi connectivity index (χ3n) is 2.81. The Morgan fingerprint density at radius 1 is 1.38 bits per heavy atom. The van der Waals surface area contributed by atoms with Crippen LogP contribution in [0.2, 0.25) is 5.02 Å². The Morgan fingerprint density at radius 2 is 2.19 bits per heavy atom. The molecule has 3 rings (SSSR count). The summed E-state index contributed by atoms with van der Waals surface area (Å²) in [6.45, 7) is 1.82. The molecule has 0 radical (unpaired) electrons. The fourth-order valence-electron chi connectivity index (χ4n) is 1.76. The molecule has 6 nitrogen and oxygen atoms in total. The van der Waals surface area contributed by atoms with Crippen molar-refractivity contribution in [3.8, 4) is 0 Å². The van der Waals surface area contributed by atoms with Gasteiger partial charge in [0, 0.05) is 17.6 Å². The summed E-state index contributed by atoms with van der Waals surface area (Å²) in [5, 5.41) is 6.55. The van der Waals surface area contributed by atoms with Gasteiger partial charge in [-0.2, -0.15) is 4.98 Å². The van der Waals surface area contributed by atoms with Crippen LogP contribution in [0.4, 0.5) is 10.1 Å². The summed E-state index contributed by atoms with van der Waals surface area (Å²) in [6.07, 6.45) is 1.58. The highest BCUT2D eigenvalue weighted by Gasteiger charge is 2.15. The average Bonchev–Trinajstić information content (AvgIpc) is 2.89. The summed E-state index contributed by atoms with van der Waals surface area (Å²) < 4.78 is 14.5. The summed E-state index contributed by atoms with van der Waals surface area (Å²) in [6, 6.07) is 5.64. The van der Waals surface area contributed by atoms with Gasteiger partial charge >= 0.3 is 0 Å². The first-order valence-electron chi connectivity index (χ1n) is 5.99. The number of halogens is 2. The van der Waals surface area contributed by atoms with Crippen LogP contribution in [0.1, 0.15) is 16.3 Å². The molecule has 0 atom stereocenters. The van der Waals surface area contributed by atoms with Crippen molar-refractivity contribution < 1.29 is 9.18 Å². The van der Waals surface area contributed by atoms with Crippen molar-refractivity contribution in [3.63, 3.8) is 0 Å². The zero-order chi connectivity index (χ0) is 15.0. The van der Waals surface area contributed by atoms with Gasteiger partial charge in [0.05, 0.1) is 5.02 Å². The van der Waals surface area contributed by atoms with Crippen molar-refractivity contribution in [1.29, 1.82) is 0 Å². The minimum Gasteiger partial charge on any atom is -0.319 e. The largest absolute Gasteiger partial charge is 0.319 e. The number of fused-ring (bicyclic) bond motifs is 1. The molecule has 1 aromatic carbocycles. The summed E-state index contributed by atoms with van der Waals surface area (Å²) in [5.74, 6) is -0.780. The van der Waals surface area contributed by atoms with Crippen molar-refractivity contribution in [2.24, 2.45) is 0 Å². The zero-order valence-electron chi connectivity index (χ0n) is 10.8. The molecule has 106 valence electrons. The Hall–Kier alpha value is -2.54. The predicted octanol–water partition coefficient (Wildman–Crippen LogP) is 2.48. The number of aromatic nitrogens is 4. The van der Waals surface area contributed by atoms with Gasteiger partial charge in [-0.3, -0.25) is 4.79 Å². The van der Waals surface area contributed by atoms with Crippen LogP contribution in [0, 0.1) is 12.7 Å². The number of nitrogens with zero attached hydrogens (tertiary/aromatic N) is 4. The molecule has 0 aliphatic heterocycles. The van der Waals surface area contributed by atoms with Gasteiger partial charge in [-0.25, -0.2) is 13.9 Å². The molecule has 8 heteroatoms. The van der Waals surface area contributed by atoms with Gasteiger partial charge in [0.1, 0.15) is 5.82 Å². The maximum Gasteiger partial charge on any atom is 0.295 e. The van der Waals surface area contributed by atoms with E-state index in [1.54, 1.807) is 12.3 Å². The van der Waals surface area contributed by atoms with Crippen LogP contribution in [-0.2, 0) is 0 Å². The van der Waals surface area contributed by atoms with Crippen LogP contribution in [0.5, 0.6) is 0 Å². The second kappa shape index (κ2) is 5.10. The molecule has 0 aliphatic carbocycles. The average molecular weight is 306 g/mol. The van der Waals surface area contributed by atoms with Gasteiger partial charge in [-0.1, -0.05) is 11.6 Å². The number of rotatable bonds is 2. The Kier molecular flexibility index (Phi) is 3.26. The molecule has 21 heavy (non-hydrogen) atoms. The monoisotopic (exact) mass is 305 g/mol. The first-order valence-corrected chi connectivity index (χ1v) is 6.37. The summed E-state index contributed by atoms with van der Waals surface area (Å²) in [4.78, 5) is 20.1. The maximum absolute atomic E-state index is 13.1. The highest BCUT2D eigenvalue weighted by atomic mass is 35.5. The van der Waals surface area contributed by atoms with Gasteiger partial charge in [0.2, 0.25) is 5.82 Å². The highest BCUT2D eigenvalue weighted by Crippen LogP contribution is 2.19. The number of benzene rings is 1. The van der Waals surface area contributed by atoms with Gasteiger partial charge in [0.25, 0.3) is 11.7 Å². The van der Waals surface area contributed by atoms with E-state index >= 15 is 0 Å². The van der Waals surface area contributed by atoms with E-state index in [1.807, 2.05) is 6.92 Å². The number of hydrogen-bond acceptors (Lipinski definition) is 4. The fraction of sp³-hybridized carbons (Fsp3) is 0.0769. The summed E-state index contributed by atoms with van der Waals surface area (Å²) >= 11 is 5.66. The van der Waals surface area contributed by atoms with E-state index in [0.29, 0.717) is 11.5 Å². The molecule has 0 spiro atoms. The van der Waals surface area contributed by atoms with E-state index in [-0.39, 0.29) is 10.8 Å². The van der Waals surface area contributed by atoms with Crippen LogP contribution in [0.3, 0.4) is 0 Å². The number of nitrogens with one attached hydrogen (secondary N) is 1. The third kappa shape index (κ3) is 2.55. The molecule has 2 heterocycles. The van der Waals surface area contributed by atoms with Crippen LogP contribution >= 0.6 is 11.6 Å². The van der Waals surface area contributed by atoms with Crippen molar-refractivity contribution in [1.82, 2.24) is 19.6 Å². The summed E-state index contributed by atoms with van der Waals surface area (Å²) in [5.41, 5.74) is 1.16. The Labute approximate surface area is 123 Å². The lowest BCUT2D eigenvalue weighted by atomic mass is 10.3. The van der Waals surface area contributed by atoms with E-state index in [9.17, 15) is 9.18 Å². The molecule has 0 saturated heterocycles. The van der Waals surface area contributed by atoms with Gasteiger partial charge in [-0.15, -0.1) is 5.10 Å².